The van der Waals surface area contributed by atoms with Crippen LogP contribution in [-0.2, 0) is 9.47 Å². The lowest BCUT2D eigenvalue weighted by atomic mass is 10.1. The molecule has 7 heteroatoms. The molecule has 0 N–H and O–H groups in total. The molecule has 0 unspecified atom stereocenters. The van der Waals surface area contributed by atoms with Gasteiger partial charge in [0.1, 0.15) is 19.3 Å². The molecule has 20 heavy (non-hydrogen) atoms. The molecule has 2 aliphatic rings. The van der Waals surface area contributed by atoms with Crippen LogP contribution < -0.4 is 9.47 Å². The van der Waals surface area contributed by atoms with Crippen LogP contribution in [0.4, 0.5) is 13.2 Å². The van der Waals surface area contributed by atoms with Gasteiger partial charge in [0.15, 0.2) is 17.6 Å². The van der Waals surface area contributed by atoms with Gasteiger partial charge in [-0.05, 0) is 17.7 Å². The second kappa shape index (κ2) is 5.14. The van der Waals surface area contributed by atoms with E-state index in [2.05, 4.69) is 0 Å². The van der Waals surface area contributed by atoms with Crippen LogP contribution >= 0.6 is 0 Å². The number of fused-ring (bicyclic) bond motifs is 1. The SMILES string of the molecule is FC(F)(F)[C@@H](OC[C@H]1CO1)c1ccc2c(c1)OCCO2. The summed E-state index contributed by atoms with van der Waals surface area (Å²) >= 11 is 0. The zero-order chi connectivity index (χ0) is 14.2. The number of halogens is 3. The minimum Gasteiger partial charge on any atom is -0.486 e. The highest BCUT2D eigenvalue weighted by molar-refractivity contribution is 5.44. The quantitative estimate of drug-likeness (QED) is 0.799. The van der Waals surface area contributed by atoms with Crippen molar-refractivity contribution in [2.75, 3.05) is 26.4 Å². The Balaban J connectivity index is 1.81. The minimum atomic E-state index is -4.49. The lowest BCUT2D eigenvalue weighted by Crippen LogP contribution is -2.25. The maximum absolute atomic E-state index is 13.1. The van der Waals surface area contributed by atoms with Gasteiger partial charge in [-0.2, -0.15) is 13.2 Å². The Labute approximate surface area is 113 Å². The topological polar surface area (TPSA) is 40.2 Å². The smallest absolute Gasteiger partial charge is 0.418 e. The minimum absolute atomic E-state index is 0.00222. The average molecular weight is 290 g/mol. The van der Waals surface area contributed by atoms with Crippen LogP contribution in [0.5, 0.6) is 11.5 Å². The first kappa shape index (κ1) is 13.5. The van der Waals surface area contributed by atoms with Gasteiger partial charge in [-0.3, -0.25) is 0 Å². The van der Waals surface area contributed by atoms with Gasteiger partial charge >= 0.3 is 6.18 Å². The molecule has 3 rings (SSSR count). The molecule has 0 amide bonds. The first-order valence-corrected chi connectivity index (χ1v) is 6.23. The van der Waals surface area contributed by atoms with Crippen LogP contribution in [0.15, 0.2) is 18.2 Å². The molecule has 2 aliphatic heterocycles. The molecule has 0 aromatic heterocycles. The number of hydrogen-bond donors (Lipinski definition) is 0. The number of hydrogen-bond acceptors (Lipinski definition) is 4. The van der Waals surface area contributed by atoms with Crippen LogP contribution in [0.2, 0.25) is 0 Å². The molecule has 1 saturated heterocycles. The Morgan fingerprint density at radius 1 is 1.20 bits per heavy atom. The average Bonchev–Trinajstić information content (AvgIpc) is 3.21. The van der Waals surface area contributed by atoms with Crippen molar-refractivity contribution in [3.63, 3.8) is 0 Å². The lowest BCUT2D eigenvalue weighted by molar-refractivity contribution is -0.224. The van der Waals surface area contributed by atoms with Crippen molar-refractivity contribution in [1.82, 2.24) is 0 Å². The predicted octanol–water partition coefficient (Wildman–Crippen LogP) is 2.48. The highest BCUT2D eigenvalue weighted by Gasteiger charge is 2.43. The first-order valence-electron chi connectivity index (χ1n) is 6.23. The molecule has 1 aromatic carbocycles. The zero-order valence-electron chi connectivity index (χ0n) is 10.5. The van der Waals surface area contributed by atoms with Crippen molar-refractivity contribution in [1.29, 1.82) is 0 Å². The standard InChI is InChI=1S/C13H13F3O4/c14-13(15,16)12(20-7-9-6-19-9)8-1-2-10-11(5-8)18-4-3-17-10/h1-2,5,9,12H,3-4,6-7H2/t9-,12+/m1/s1. The summed E-state index contributed by atoms with van der Waals surface area (Å²) in [7, 11) is 0. The van der Waals surface area contributed by atoms with Crippen LogP contribution in [-0.4, -0.2) is 38.7 Å². The monoisotopic (exact) mass is 290 g/mol. The fraction of sp³-hybridized carbons (Fsp3) is 0.538. The number of alkyl halides is 3. The molecule has 1 aromatic rings. The summed E-state index contributed by atoms with van der Waals surface area (Å²) in [5.74, 6) is 0.765. The van der Waals surface area contributed by atoms with Crippen molar-refractivity contribution in [2.24, 2.45) is 0 Å². The molecule has 2 heterocycles. The summed E-state index contributed by atoms with van der Waals surface area (Å²) in [6, 6.07) is 4.14. The van der Waals surface area contributed by atoms with Crippen molar-refractivity contribution < 1.29 is 32.1 Å². The van der Waals surface area contributed by atoms with Gasteiger partial charge in [0.2, 0.25) is 0 Å². The number of epoxide rings is 1. The number of ether oxygens (including phenoxy) is 4. The highest BCUT2D eigenvalue weighted by Crippen LogP contribution is 2.40. The van der Waals surface area contributed by atoms with Gasteiger partial charge in [0.05, 0.1) is 13.2 Å². The molecule has 0 spiro atoms. The van der Waals surface area contributed by atoms with E-state index in [1.807, 2.05) is 0 Å². The third-order valence-corrected chi connectivity index (χ3v) is 3.02. The summed E-state index contributed by atoms with van der Waals surface area (Å²) in [5.41, 5.74) is 0.00222. The third kappa shape index (κ3) is 2.99. The Morgan fingerprint density at radius 2 is 1.90 bits per heavy atom. The highest BCUT2D eigenvalue weighted by atomic mass is 19.4. The molecular formula is C13H13F3O4. The Morgan fingerprint density at radius 3 is 2.55 bits per heavy atom. The molecular weight excluding hydrogens is 277 g/mol. The summed E-state index contributed by atoms with van der Waals surface area (Å²) in [6.45, 7) is 1.10. The van der Waals surface area contributed by atoms with E-state index in [9.17, 15) is 13.2 Å². The van der Waals surface area contributed by atoms with Crippen LogP contribution in [0.1, 0.15) is 11.7 Å². The van der Waals surface area contributed by atoms with Gasteiger partial charge in [0.25, 0.3) is 0 Å². The van der Waals surface area contributed by atoms with Crippen molar-refractivity contribution in [3.05, 3.63) is 23.8 Å². The molecule has 2 atom stereocenters. The van der Waals surface area contributed by atoms with E-state index in [0.717, 1.165) is 0 Å². The van der Waals surface area contributed by atoms with Gasteiger partial charge in [-0.15, -0.1) is 0 Å². The fourth-order valence-corrected chi connectivity index (χ4v) is 1.97. The van der Waals surface area contributed by atoms with E-state index in [1.54, 1.807) is 0 Å². The van der Waals surface area contributed by atoms with Crippen LogP contribution in [0, 0.1) is 0 Å². The third-order valence-electron chi connectivity index (χ3n) is 3.02. The number of rotatable bonds is 4. The van der Waals surface area contributed by atoms with E-state index >= 15 is 0 Å². The molecule has 0 bridgehead atoms. The van der Waals surface area contributed by atoms with Crippen molar-refractivity contribution in [2.45, 2.75) is 18.4 Å². The molecule has 0 saturated carbocycles. The molecule has 4 nitrogen and oxygen atoms in total. The second-order valence-corrected chi connectivity index (χ2v) is 4.61. The second-order valence-electron chi connectivity index (χ2n) is 4.61. The summed E-state index contributed by atoms with van der Waals surface area (Å²) in [6.07, 6.45) is -6.70. The van der Waals surface area contributed by atoms with Crippen LogP contribution in [0.3, 0.4) is 0 Å². The molecule has 1 fully saturated rings. The van der Waals surface area contributed by atoms with Crippen molar-refractivity contribution >= 4 is 0 Å². The lowest BCUT2D eigenvalue weighted by Gasteiger charge is -2.23. The van der Waals surface area contributed by atoms with Gasteiger partial charge in [-0.25, -0.2) is 0 Å². The summed E-state index contributed by atoms with van der Waals surface area (Å²) < 4.78 is 59.6. The zero-order valence-corrected chi connectivity index (χ0v) is 10.5. The van der Waals surface area contributed by atoms with Gasteiger partial charge < -0.3 is 18.9 Å². The summed E-state index contributed by atoms with van der Waals surface area (Å²) in [4.78, 5) is 0. The largest absolute Gasteiger partial charge is 0.486 e. The van der Waals surface area contributed by atoms with E-state index < -0.39 is 12.3 Å². The van der Waals surface area contributed by atoms with Gasteiger partial charge in [0, 0.05) is 0 Å². The Bertz CT molecular complexity index is 485. The van der Waals surface area contributed by atoms with Gasteiger partial charge in [-0.1, -0.05) is 6.07 Å². The summed E-state index contributed by atoms with van der Waals surface area (Å²) in [5, 5.41) is 0. The molecule has 0 aliphatic carbocycles. The Hall–Kier alpha value is -1.47. The first-order chi connectivity index (χ1) is 9.54. The van der Waals surface area contributed by atoms with E-state index in [-0.39, 0.29) is 18.3 Å². The molecule has 0 radical (unpaired) electrons. The number of benzene rings is 1. The van der Waals surface area contributed by atoms with E-state index in [4.69, 9.17) is 18.9 Å². The predicted molar refractivity (Wildman–Crippen MR) is 61.9 cm³/mol. The van der Waals surface area contributed by atoms with Crippen LogP contribution in [0.25, 0.3) is 0 Å². The maximum atomic E-state index is 13.1. The normalized spacial score (nSPS) is 22.4. The maximum Gasteiger partial charge on any atom is 0.418 e. The Kier molecular flexibility index (Phi) is 3.47. The molecule has 110 valence electrons. The fourth-order valence-electron chi connectivity index (χ4n) is 1.97. The van der Waals surface area contributed by atoms with Crippen molar-refractivity contribution in [3.8, 4) is 11.5 Å². The van der Waals surface area contributed by atoms with E-state index in [1.165, 1.54) is 18.2 Å². The van der Waals surface area contributed by atoms with E-state index in [0.29, 0.717) is 31.3 Å².